The van der Waals surface area contributed by atoms with Crippen molar-refractivity contribution >= 4 is 21.5 Å². The molecule has 0 aliphatic rings. The molecule has 0 unspecified atom stereocenters. The minimum atomic E-state index is 1.24. The largest absolute Gasteiger partial charge is 0.0622 e. The zero-order valence-electron chi connectivity index (χ0n) is 17.7. The lowest BCUT2D eigenvalue weighted by atomic mass is 9.86. The first kappa shape index (κ1) is 18.6. The van der Waals surface area contributed by atoms with Crippen LogP contribution in [0.5, 0.6) is 0 Å². The van der Waals surface area contributed by atoms with Gasteiger partial charge in [0.15, 0.2) is 0 Å². The molecule has 0 aliphatic heterocycles. The quantitative estimate of drug-likeness (QED) is 0.257. The Morgan fingerprint density at radius 2 is 0.688 bits per heavy atom. The highest BCUT2D eigenvalue weighted by Gasteiger charge is 2.15. The average molecular weight is 407 g/mol. The molecule has 6 rings (SSSR count). The maximum absolute atomic E-state index is 2.39. The molecular weight excluding hydrogens is 384 g/mol. The fraction of sp³-hybridized carbons (Fsp3) is 0. The molecule has 0 bridgehead atoms. The average Bonchev–Trinajstić information content (AvgIpc) is 2.88. The summed E-state index contributed by atoms with van der Waals surface area (Å²) in [5.41, 5.74) is 7.57. The van der Waals surface area contributed by atoms with Crippen LogP contribution in [0.15, 0.2) is 133 Å². The number of hydrogen-bond acceptors (Lipinski definition) is 0. The second-order valence-corrected chi connectivity index (χ2v) is 8.15. The van der Waals surface area contributed by atoms with Gasteiger partial charge in [-0.2, -0.15) is 0 Å². The summed E-state index contributed by atoms with van der Waals surface area (Å²) in [5.74, 6) is 0. The van der Waals surface area contributed by atoms with Crippen molar-refractivity contribution in [2.45, 2.75) is 0 Å². The van der Waals surface area contributed by atoms with Crippen LogP contribution in [0.3, 0.4) is 0 Å². The summed E-state index contributed by atoms with van der Waals surface area (Å²) in [6.45, 7) is 0. The van der Waals surface area contributed by atoms with Crippen LogP contribution in [0, 0.1) is 0 Å². The lowest BCUT2D eigenvalue weighted by molar-refractivity contribution is 1.63. The third-order valence-corrected chi connectivity index (χ3v) is 6.27. The van der Waals surface area contributed by atoms with Crippen molar-refractivity contribution in [1.82, 2.24) is 0 Å². The molecule has 0 aliphatic carbocycles. The van der Waals surface area contributed by atoms with E-state index >= 15 is 0 Å². The fourth-order valence-corrected chi connectivity index (χ4v) is 4.82. The van der Waals surface area contributed by atoms with E-state index in [4.69, 9.17) is 0 Å². The highest BCUT2D eigenvalue weighted by Crippen LogP contribution is 2.42. The Bertz CT molecular complexity index is 1430. The van der Waals surface area contributed by atoms with Gasteiger partial charge in [-0.1, -0.05) is 127 Å². The highest BCUT2D eigenvalue weighted by molar-refractivity contribution is 6.18. The summed E-state index contributed by atoms with van der Waals surface area (Å²) in [6, 6.07) is 47.9. The van der Waals surface area contributed by atoms with Crippen LogP contribution < -0.4 is 0 Å². The van der Waals surface area contributed by atoms with Crippen LogP contribution in [0.1, 0.15) is 0 Å². The zero-order valence-corrected chi connectivity index (χ0v) is 17.7. The maximum atomic E-state index is 2.39. The predicted molar refractivity (Wildman–Crippen MR) is 138 cm³/mol. The molecule has 0 fully saturated rings. The minimum absolute atomic E-state index is 1.24. The van der Waals surface area contributed by atoms with E-state index in [9.17, 15) is 0 Å². The SMILES string of the molecule is c1ccc(-c2cccc3c(-c4ccccc4)c4cccc(-c5ccccc5)c4cc23)cc1. The first-order valence-corrected chi connectivity index (χ1v) is 11.0. The van der Waals surface area contributed by atoms with Crippen LogP contribution in [0.2, 0.25) is 0 Å². The van der Waals surface area contributed by atoms with Crippen molar-refractivity contribution in [3.63, 3.8) is 0 Å². The first-order valence-electron chi connectivity index (χ1n) is 11.0. The molecule has 32 heavy (non-hydrogen) atoms. The molecule has 6 aromatic carbocycles. The maximum Gasteiger partial charge on any atom is -0.00264 e. The van der Waals surface area contributed by atoms with Crippen LogP contribution >= 0.6 is 0 Å². The third kappa shape index (κ3) is 3.09. The Labute approximate surface area is 188 Å². The standard InChI is InChI=1S/C32H22/c1-4-12-23(13-5-1)26-18-10-20-28-30(26)22-31-27(24-14-6-2-7-15-24)19-11-21-29(31)32(28)25-16-8-3-9-17-25/h1-22H. The zero-order chi connectivity index (χ0) is 21.3. The minimum Gasteiger partial charge on any atom is -0.0622 e. The monoisotopic (exact) mass is 406 g/mol. The molecule has 0 nitrogen and oxygen atoms in total. The topological polar surface area (TPSA) is 0 Å². The van der Waals surface area contributed by atoms with Gasteiger partial charge in [-0.3, -0.25) is 0 Å². The fourth-order valence-electron chi connectivity index (χ4n) is 4.82. The van der Waals surface area contributed by atoms with Gasteiger partial charge >= 0.3 is 0 Å². The van der Waals surface area contributed by atoms with Gasteiger partial charge in [-0.05, 0) is 61.0 Å². The molecule has 0 saturated carbocycles. The van der Waals surface area contributed by atoms with E-state index in [0.717, 1.165) is 0 Å². The second kappa shape index (κ2) is 7.83. The van der Waals surface area contributed by atoms with Crippen molar-refractivity contribution in [1.29, 1.82) is 0 Å². The molecule has 6 aromatic rings. The summed E-state index contributed by atoms with van der Waals surface area (Å²) < 4.78 is 0. The van der Waals surface area contributed by atoms with Gasteiger partial charge in [0.2, 0.25) is 0 Å². The van der Waals surface area contributed by atoms with Gasteiger partial charge < -0.3 is 0 Å². The van der Waals surface area contributed by atoms with Gasteiger partial charge in [-0.15, -0.1) is 0 Å². The summed E-state index contributed by atoms with van der Waals surface area (Å²) in [7, 11) is 0. The Hall–Kier alpha value is -4.16. The molecule has 150 valence electrons. The lowest BCUT2D eigenvalue weighted by Gasteiger charge is -2.17. The van der Waals surface area contributed by atoms with Crippen LogP contribution in [0.4, 0.5) is 0 Å². The Balaban J connectivity index is 1.79. The molecule has 0 saturated heterocycles. The van der Waals surface area contributed by atoms with E-state index in [1.807, 2.05) is 0 Å². The van der Waals surface area contributed by atoms with E-state index in [0.29, 0.717) is 0 Å². The molecule has 0 radical (unpaired) electrons. The van der Waals surface area contributed by atoms with Gasteiger partial charge in [0.1, 0.15) is 0 Å². The second-order valence-electron chi connectivity index (χ2n) is 8.15. The number of benzene rings is 6. The molecular formula is C32H22. The van der Waals surface area contributed by atoms with Crippen molar-refractivity contribution in [2.75, 3.05) is 0 Å². The number of fused-ring (bicyclic) bond motifs is 2. The van der Waals surface area contributed by atoms with Crippen molar-refractivity contribution in [3.8, 4) is 33.4 Å². The van der Waals surface area contributed by atoms with E-state index in [2.05, 4.69) is 133 Å². The smallest absolute Gasteiger partial charge is 0.00264 e. The van der Waals surface area contributed by atoms with Gasteiger partial charge in [-0.25, -0.2) is 0 Å². The molecule has 0 spiro atoms. The van der Waals surface area contributed by atoms with E-state index < -0.39 is 0 Å². The molecule has 0 N–H and O–H groups in total. The number of hydrogen-bond donors (Lipinski definition) is 0. The first-order chi connectivity index (χ1) is 15.9. The Morgan fingerprint density at radius 3 is 1.12 bits per heavy atom. The van der Waals surface area contributed by atoms with E-state index in [-0.39, 0.29) is 0 Å². The molecule has 0 heterocycles. The van der Waals surface area contributed by atoms with Crippen molar-refractivity contribution < 1.29 is 0 Å². The van der Waals surface area contributed by atoms with Gasteiger partial charge in [0.25, 0.3) is 0 Å². The normalized spacial score (nSPS) is 11.1. The molecule has 0 aromatic heterocycles. The summed E-state index contributed by atoms with van der Waals surface area (Å²) in [6.07, 6.45) is 0. The molecule has 0 heteroatoms. The van der Waals surface area contributed by atoms with E-state index in [1.54, 1.807) is 0 Å². The van der Waals surface area contributed by atoms with Crippen LogP contribution in [-0.4, -0.2) is 0 Å². The summed E-state index contributed by atoms with van der Waals surface area (Å²) in [5, 5.41) is 5.15. The van der Waals surface area contributed by atoms with Crippen LogP contribution in [0.25, 0.3) is 54.9 Å². The predicted octanol–water partition coefficient (Wildman–Crippen LogP) is 8.99. The third-order valence-electron chi connectivity index (χ3n) is 6.27. The van der Waals surface area contributed by atoms with Gasteiger partial charge in [0, 0.05) is 0 Å². The highest BCUT2D eigenvalue weighted by atomic mass is 14.2. The van der Waals surface area contributed by atoms with Crippen molar-refractivity contribution in [3.05, 3.63) is 133 Å². The molecule has 0 atom stereocenters. The van der Waals surface area contributed by atoms with Crippen molar-refractivity contribution in [2.24, 2.45) is 0 Å². The van der Waals surface area contributed by atoms with E-state index in [1.165, 1.54) is 54.9 Å². The Kier molecular flexibility index (Phi) is 4.55. The lowest BCUT2D eigenvalue weighted by Crippen LogP contribution is -1.90. The summed E-state index contributed by atoms with van der Waals surface area (Å²) >= 11 is 0. The molecule has 0 amide bonds. The summed E-state index contributed by atoms with van der Waals surface area (Å²) in [4.78, 5) is 0. The Morgan fingerprint density at radius 1 is 0.281 bits per heavy atom. The van der Waals surface area contributed by atoms with Crippen LogP contribution in [-0.2, 0) is 0 Å². The van der Waals surface area contributed by atoms with Gasteiger partial charge in [0.05, 0.1) is 0 Å². The number of rotatable bonds is 3.